The van der Waals surface area contributed by atoms with E-state index in [1.807, 2.05) is 0 Å². The molecule has 42 heavy (non-hydrogen) atoms. The van der Waals surface area contributed by atoms with Gasteiger partial charge in [0.25, 0.3) is 0 Å². The molecule has 0 bridgehead atoms. The Morgan fingerprint density at radius 1 is 0.762 bits per heavy atom. The van der Waals surface area contributed by atoms with E-state index in [1.165, 1.54) is 27.8 Å². The standard InChI is InChI=1S/C39H32N2O/c1-39(2)32-19-21-33(26-14-8-4-9-15-26)40-36(32)35-29-22-23-42-37(29)30(25-12-6-3-7-13-25)24-31(35)28-18-20-34(41-38(28)39)27-16-10-5-11-17-27/h3-21,24,28,38H,22-23H2,1-2H3. The molecule has 2 aliphatic heterocycles. The van der Waals surface area contributed by atoms with Gasteiger partial charge in [-0.1, -0.05) is 117 Å². The smallest absolute Gasteiger partial charge is 0.131 e. The first-order valence-electron chi connectivity index (χ1n) is 14.9. The van der Waals surface area contributed by atoms with Gasteiger partial charge in [0.05, 0.1) is 29.7 Å². The van der Waals surface area contributed by atoms with Crippen LogP contribution in [-0.2, 0) is 11.8 Å². The summed E-state index contributed by atoms with van der Waals surface area (Å²) >= 11 is 0. The monoisotopic (exact) mass is 544 g/mol. The first-order chi connectivity index (χ1) is 20.6. The van der Waals surface area contributed by atoms with Crippen molar-refractivity contribution in [1.29, 1.82) is 0 Å². The van der Waals surface area contributed by atoms with Crippen molar-refractivity contribution >= 4 is 5.71 Å². The molecule has 0 fully saturated rings. The average molecular weight is 545 g/mol. The first kappa shape index (κ1) is 25.0. The molecule has 2 unspecified atom stereocenters. The van der Waals surface area contributed by atoms with Crippen LogP contribution in [0.2, 0.25) is 0 Å². The van der Waals surface area contributed by atoms with Crippen LogP contribution < -0.4 is 4.74 Å². The Kier molecular flexibility index (Phi) is 5.75. The lowest BCUT2D eigenvalue weighted by atomic mass is 9.71. The Hall–Kier alpha value is -4.76. The van der Waals surface area contributed by atoms with Gasteiger partial charge in [0.1, 0.15) is 5.75 Å². The van der Waals surface area contributed by atoms with Crippen LogP contribution in [0.4, 0.5) is 0 Å². The molecule has 5 aromatic rings. The molecule has 0 N–H and O–H groups in total. The van der Waals surface area contributed by atoms with Crippen LogP contribution in [0.1, 0.15) is 42.0 Å². The van der Waals surface area contributed by atoms with E-state index in [0.29, 0.717) is 6.61 Å². The van der Waals surface area contributed by atoms with Crippen molar-refractivity contribution in [2.45, 2.75) is 37.6 Å². The quantitative estimate of drug-likeness (QED) is 0.227. The number of benzene rings is 4. The fourth-order valence-electron chi connectivity index (χ4n) is 7.11. The lowest BCUT2D eigenvalue weighted by Gasteiger charge is -2.37. The predicted octanol–water partition coefficient (Wildman–Crippen LogP) is 8.82. The Morgan fingerprint density at radius 2 is 1.43 bits per heavy atom. The lowest BCUT2D eigenvalue weighted by molar-refractivity contribution is 0.358. The van der Waals surface area contributed by atoms with E-state index in [9.17, 15) is 0 Å². The fourth-order valence-corrected chi connectivity index (χ4v) is 7.11. The van der Waals surface area contributed by atoms with E-state index in [4.69, 9.17) is 14.7 Å². The van der Waals surface area contributed by atoms with Gasteiger partial charge >= 0.3 is 0 Å². The van der Waals surface area contributed by atoms with E-state index >= 15 is 0 Å². The van der Waals surface area contributed by atoms with Crippen LogP contribution in [0, 0.1) is 0 Å². The second kappa shape index (κ2) is 9.66. The number of hydrogen-bond acceptors (Lipinski definition) is 3. The van der Waals surface area contributed by atoms with Crippen molar-refractivity contribution in [3.8, 4) is 39.4 Å². The number of pyridine rings is 1. The van der Waals surface area contributed by atoms with Crippen molar-refractivity contribution in [1.82, 2.24) is 4.98 Å². The third kappa shape index (κ3) is 3.88. The molecule has 3 heteroatoms. The highest BCUT2D eigenvalue weighted by Gasteiger charge is 2.45. The van der Waals surface area contributed by atoms with Gasteiger partial charge in [-0.2, -0.15) is 0 Å². The molecule has 0 saturated heterocycles. The number of allylic oxidation sites excluding steroid dienone is 1. The molecule has 8 rings (SSSR count). The largest absolute Gasteiger partial charge is 0.492 e. The number of nitrogens with zero attached hydrogens (tertiary/aromatic N) is 2. The van der Waals surface area contributed by atoms with Gasteiger partial charge in [-0.15, -0.1) is 0 Å². The summed E-state index contributed by atoms with van der Waals surface area (Å²) in [6.07, 6.45) is 5.48. The van der Waals surface area contributed by atoms with Crippen LogP contribution in [0.3, 0.4) is 0 Å². The molecular formula is C39H32N2O. The molecule has 4 aromatic carbocycles. The summed E-state index contributed by atoms with van der Waals surface area (Å²) in [5.74, 6) is 1.10. The molecule has 0 spiro atoms. The van der Waals surface area contributed by atoms with Crippen molar-refractivity contribution in [2.24, 2.45) is 4.99 Å². The second-order valence-corrected chi connectivity index (χ2v) is 12.1. The van der Waals surface area contributed by atoms with Crippen LogP contribution >= 0.6 is 0 Å². The molecule has 1 aliphatic carbocycles. The van der Waals surface area contributed by atoms with Gasteiger partial charge in [-0.3, -0.25) is 4.99 Å². The molecule has 0 radical (unpaired) electrons. The maximum absolute atomic E-state index is 6.41. The summed E-state index contributed by atoms with van der Waals surface area (Å²) in [6, 6.07) is 38.6. The predicted molar refractivity (Wildman–Crippen MR) is 171 cm³/mol. The molecule has 0 amide bonds. The highest BCUT2D eigenvalue weighted by molar-refractivity contribution is 6.09. The molecule has 2 atom stereocenters. The fraction of sp³-hybridized carbons (Fsp3) is 0.179. The third-order valence-electron chi connectivity index (χ3n) is 9.24. The number of aliphatic imine (C=N–C) groups is 1. The van der Waals surface area contributed by atoms with Crippen LogP contribution in [-0.4, -0.2) is 23.3 Å². The van der Waals surface area contributed by atoms with Gasteiger partial charge in [0, 0.05) is 40.0 Å². The highest BCUT2D eigenvalue weighted by Crippen LogP contribution is 2.54. The molecule has 3 heterocycles. The SMILES string of the molecule is CC1(C)c2ccc(-c3ccccc3)nc2-c2c(cc(-c3ccccc3)c3c2CCO3)C2C=CC(c3ccccc3)=NC21. The minimum atomic E-state index is -0.273. The number of rotatable bonds is 3. The van der Waals surface area contributed by atoms with Gasteiger partial charge < -0.3 is 4.74 Å². The summed E-state index contributed by atoms with van der Waals surface area (Å²) in [5, 5.41) is 0. The minimum absolute atomic E-state index is 0.00563. The molecule has 3 aliphatic rings. The van der Waals surface area contributed by atoms with Gasteiger partial charge in [0.15, 0.2) is 0 Å². The lowest BCUT2D eigenvalue weighted by Crippen LogP contribution is -2.38. The normalized spacial score (nSPS) is 19.4. The summed E-state index contributed by atoms with van der Waals surface area (Å²) in [6.45, 7) is 5.38. The van der Waals surface area contributed by atoms with Crippen LogP contribution in [0.25, 0.3) is 33.6 Å². The van der Waals surface area contributed by atoms with Gasteiger partial charge in [-0.05, 0) is 40.5 Å². The topological polar surface area (TPSA) is 34.5 Å². The second-order valence-electron chi connectivity index (χ2n) is 12.1. The molecule has 3 nitrogen and oxygen atoms in total. The first-order valence-corrected chi connectivity index (χ1v) is 14.9. The van der Waals surface area contributed by atoms with E-state index in [-0.39, 0.29) is 17.4 Å². The third-order valence-corrected chi connectivity index (χ3v) is 9.24. The molecule has 1 aromatic heterocycles. The summed E-state index contributed by atoms with van der Waals surface area (Å²) < 4.78 is 6.41. The Labute approximate surface area is 247 Å². The number of ether oxygens (including phenoxy) is 1. The summed E-state index contributed by atoms with van der Waals surface area (Å²) in [5.41, 5.74) is 12.5. The summed E-state index contributed by atoms with van der Waals surface area (Å²) in [4.78, 5) is 11.0. The minimum Gasteiger partial charge on any atom is -0.492 e. The van der Waals surface area contributed by atoms with Crippen LogP contribution in [0.15, 0.2) is 126 Å². The average Bonchev–Trinajstić information content (AvgIpc) is 3.52. The zero-order valence-corrected chi connectivity index (χ0v) is 23.9. The number of aromatic nitrogens is 1. The number of hydrogen-bond donors (Lipinski definition) is 0. The highest BCUT2D eigenvalue weighted by atomic mass is 16.5. The Balaban J connectivity index is 1.43. The van der Waals surface area contributed by atoms with Crippen molar-refractivity contribution < 1.29 is 4.74 Å². The molecular weight excluding hydrogens is 512 g/mol. The molecule has 0 saturated carbocycles. The van der Waals surface area contributed by atoms with E-state index in [0.717, 1.165) is 46.0 Å². The van der Waals surface area contributed by atoms with Crippen molar-refractivity contribution in [2.75, 3.05) is 6.61 Å². The zero-order chi connectivity index (χ0) is 28.3. The van der Waals surface area contributed by atoms with E-state index in [1.54, 1.807) is 0 Å². The maximum Gasteiger partial charge on any atom is 0.131 e. The van der Waals surface area contributed by atoms with Crippen LogP contribution in [0.5, 0.6) is 5.75 Å². The maximum atomic E-state index is 6.41. The van der Waals surface area contributed by atoms with Gasteiger partial charge in [0.2, 0.25) is 0 Å². The van der Waals surface area contributed by atoms with Crippen molar-refractivity contribution in [3.05, 3.63) is 144 Å². The molecule has 204 valence electrons. The van der Waals surface area contributed by atoms with E-state index < -0.39 is 0 Å². The Morgan fingerprint density at radius 3 is 2.14 bits per heavy atom. The number of fused-ring (bicyclic) bond motifs is 7. The van der Waals surface area contributed by atoms with E-state index in [2.05, 4.69) is 135 Å². The number of dihydropyridines is 1. The van der Waals surface area contributed by atoms with Crippen molar-refractivity contribution in [3.63, 3.8) is 0 Å². The van der Waals surface area contributed by atoms with Gasteiger partial charge in [-0.25, -0.2) is 4.98 Å². The zero-order valence-electron chi connectivity index (χ0n) is 23.9. The Bertz CT molecular complexity index is 1870. The summed E-state index contributed by atoms with van der Waals surface area (Å²) in [7, 11) is 0.